The summed E-state index contributed by atoms with van der Waals surface area (Å²) >= 11 is 5.83. The van der Waals surface area contributed by atoms with Crippen molar-refractivity contribution in [2.75, 3.05) is 31.5 Å². The van der Waals surface area contributed by atoms with Gasteiger partial charge in [0.25, 0.3) is 5.91 Å². The lowest BCUT2D eigenvalue weighted by Gasteiger charge is -2.34. The minimum absolute atomic E-state index is 0.0817. The fourth-order valence-corrected chi connectivity index (χ4v) is 2.85. The third-order valence-electron chi connectivity index (χ3n) is 4.11. The number of nitrogens with zero attached hydrogens (tertiary/aromatic N) is 2. The summed E-state index contributed by atoms with van der Waals surface area (Å²) in [5, 5.41) is 2.95. The van der Waals surface area contributed by atoms with E-state index in [9.17, 15) is 18.4 Å². The van der Waals surface area contributed by atoms with Crippen LogP contribution in [-0.2, 0) is 0 Å². The minimum Gasteiger partial charge on any atom is -0.335 e. The van der Waals surface area contributed by atoms with Crippen molar-refractivity contribution in [1.29, 1.82) is 0 Å². The van der Waals surface area contributed by atoms with Crippen molar-refractivity contribution in [3.8, 4) is 0 Å². The van der Waals surface area contributed by atoms with Crippen LogP contribution in [0, 0.1) is 11.6 Å². The molecule has 0 bridgehead atoms. The molecule has 0 aliphatic carbocycles. The maximum absolute atomic E-state index is 13.8. The molecule has 1 heterocycles. The number of piperazine rings is 1. The molecule has 1 aliphatic rings. The quantitative estimate of drug-likeness (QED) is 0.866. The average molecular weight is 380 g/mol. The van der Waals surface area contributed by atoms with Crippen LogP contribution in [0.4, 0.5) is 19.3 Å². The molecule has 1 aliphatic heterocycles. The summed E-state index contributed by atoms with van der Waals surface area (Å²) in [7, 11) is 0. The van der Waals surface area contributed by atoms with Crippen LogP contribution in [0.15, 0.2) is 42.5 Å². The van der Waals surface area contributed by atoms with E-state index < -0.39 is 11.7 Å². The SMILES string of the molecule is O=C(Nc1ccc(F)cc1)N1CCN(C(=O)c2cc(Cl)ccc2F)CC1. The zero-order valence-electron chi connectivity index (χ0n) is 13.7. The molecular formula is C18H16ClF2N3O2. The van der Waals surface area contributed by atoms with Crippen molar-refractivity contribution < 1.29 is 18.4 Å². The molecule has 2 aromatic rings. The van der Waals surface area contributed by atoms with E-state index in [1.165, 1.54) is 41.3 Å². The number of hydrogen-bond donors (Lipinski definition) is 1. The third kappa shape index (κ3) is 4.11. The van der Waals surface area contributed by atoms with Crippen molar-refractivity contribution in [1.82, 2.24) is 9.80 Å². The van der Waals surface area contributed by atoms with Gasteiger partial charge in [-0.15, -0.1) is 0 Å². The van der Waals surface area contributed by atoms with Crippen LogP contribution in [-0.4, -0.2) is 47.9 Å². The number of carbonyl (C=O) groups is 2. The van der Waals surface area contributed by atoms with Gasteiger partial charge in [0.15, 0.2) is 0 Å². The molecular weight excluding hydrogens is 364 g/mol. The molecule has 0 saturated carbocycles. The van der Waals surface area contributed by atoms with Crippen LogP contribution in [0.2, 0.25) is 5.02 Å². The van der Waals surface area contributed by atoms with Gasteiger partial charge >= 0.3 is 6.03 Å². The summed E-state index contributed by atoms with van der Waals surface area (Å²) in [5.74, 6) is -1.47. The predicted octanol–water partition coefficient (Wildman–Crippen LogP) is 3.61. The van der Waals surface area contributed by atoms with E-state index in [-0.39, 0.29) is 35.5 Å². The summed E-state index contributed by atoms with van der Waals surface area (Å²) in [6.45, 7) is 1.17. The molecule has 5 nitrogen and oxygen atoms in total. The van der Waals surface area contributed by atoms with Crippen molar-refractivity contribution in [3.05, 3.63) is 64.7 Å². The summed E-state index contributed by atoms with van der Waals surface area (Å²) in [5.41, 5.74) is 0.401. The van der Waals surface area contributed by atoms with Crippen LogP contribution in [0.25, 0.3) is 0 Å². The Bertz CT molecular complexity index is 822. The lowest BCUT2D eigenvalue weighted by Crippen LogP contribution is -2.51. The molecule has 1 fully saturated rings. The summed E-state index contributed by atoms with van der Waals surface area (Å²) in [6.07, 6.45) is 0. The van der Waals surface area contributed by atoms with Crippen LogP contribution in [0.5, 0.6) is 0 Å². The van der Waals surface area contributed by atoms with Gasteiger partial charge < -0.3 is 15.1 Å². The molecule has 0 radical (unpaired) electrons. The fraction of sp³-hybridized carbons (Fsp3) is 0.222. The summed E-state index contributed by atoms with van der Waals surface area (Å²) in [6, 6.07) is 8.94. The Morgan fingerprint density at radius 2 is 1.54 bits per heavy atom. The lowest BCUT2D eigenvalue weighted by molar-refractivity contribution is 0.0667. The van der Waals surface area contributed by atoms with Gasteiger partial charge in [0.05, 0.1) is 5.56 Å². The first-order valence-corrected chi connectivity index (χ1v) is 8.37. The third-order valence-corrected chi connectivity index (χ3v) is 4.34. The van der Waals surface area contributed by atoms with Crippen molar-refractivity contribution in [2.24, 2.45) is 0 Å². The number of nitrogens with one attached hydrogen (secondary N) is 1. The van der Waals surface area contributed by atoms with Crippen molar-refractivity contribution >= 4 is 29.2 Å². The Morgan fingerprint density at radius 1 is 0.923 bits per heavy atom. The van der Waals surface area contributed by atoms with Crippen LogP contribution < -0.4 is 5.32 Å². The first-order chi connectivity index (χ1) is 12.4. The number of carbonyl (C=O) groups excluding carboxylic acids is 2. The molecule has 0 atom stereocenters. The molecule has 3 rings (SSSR count). The second-order valence-electron chi connectivity index (χ2n) is 5.84. The average Bonchev–Trinajstić information content (AvgIpc) is 2.65. The summed E-state index contributed by atoms with van der Waals surface area (Å²) in [4.78, 5) is 27.7. The number of rotatable bonds is 2. The molecule has 136 valence electrons. The van der Waals surface area contributed by atoms with Crippen LogP contribution >= 0.6 is 11.6 Å². The zero-order valence-corrected chi connectivity index (χ0v) is 14.5. The predicted molar refractivity (Wildman–Crippen MR) is 94.3 cm³/mol. The Kier molecular flexibility index (Phi) is 5.37. The van der Waals surface area contributed by atoms with E-state index in [0.717, 1.165) is 6.07 Å². The van der Waals surface area contributed by atoms with Gasteiger partial charge in [-0.1, -0.05) is 11.6 Å². The number of amides is 3. The Balaban J connectivity index is 1.58. The largest absolute Gasteiger partial charge is 0.335 e. The van der Waals surface area contributed by atoms with E-state index in [4.69, 9.17) is 11.6 Å². The Labute approximate surface area is 154 Å². The molecule has 26 heavy (non-hydrogen) atoms. The minimum atomic E-state index is -0.629. The van der Waals surface area contributed by atoms with Crippen LogP contribution in [0.3, 0.4) is 0 Å². The van der Waals surface area contributed by atoms with E-state index in [1.54, 1.807) is 4.90 Å². The standard InChI is InChI=1S/C18H16ClF2N3O2/c19-12-1-6-16(21)15(11-12)17(25)23-7-9-24(10-8-23)18(26)22-14-4-2-13(20)3-5-14/h1-6,11H,7-10H2,(H,22,26). The molecule has 1 saturated heterocycles. The normalized spacial score (nSPS) is 14.3. The van der Waals surface area contributed by atoms with Gasteiger partial charge in [-0.3, -0.25) is 4.79 Å². The number of benzene rings is 2. The lowest BCUT2D eigenvalue weighted by atomic mass is 10.1. The van der Waals surface area contributed by atoms with Gasteiger partial charge in [0.2, 0.25) is 0 Å². The molecule has 0 aromatic heterocycles. The fourth-order valence-electron chi connectivity index (χ4n) is 2.68. The second kappa shape index (κ2) is 7.70. The van der Waals surface area contributed by atoms with Gasteiger partial charge in [0, 0.05) is 36.9 Å². The van der Waals surface area contributed by atoms with Gasteiger partial charge in [-0.2, -0.15) is 0 Å². The first kappa shape index (κ1) is 18.1. The zero-order chi connectivity index (χ0) is 18.7. The molecule has 2 aromatic carbocycles. The highest BCUT2D eigenvalue weighted by molar-refractivity contribution is 6.31. The summed E-state index contributed by atoms with van der Waals surface area (Å²) < 4.78 is 26.7. The Morgan fingerprint density at radius 3 is 2.19 bits per heavy atom. The molecule has 0 spiro atoms. The highest BCUT2D eigenvalue weighted by Crippen LogP contribution is 2.18. The second-order valence-corrected chi connectivity index (χ2v) is 6.28. The monoisotopic (exact) mass is 379 g/mol. The molecule has 0 unspecified atom stereocenters. The number of halogens is 3. The maximum Gasteiger partial charge on any atom is 0.321 e. The molecule has 3 amide bonds. The topological polar surface area (TPSA) is 52.7 Å². The van der Waals surface area contributed by atoms with Gasteiger partial charge in [-0.05, 0) is 42.5 Å². The molecule has 8 heteroatoms. The van der Waals surface area contributed by atoms with E-state index in [0.29, 0.717) is 18.8 Å². The first-order valence-electron chi connectivity index (χ1n) is 8.00. The highest BCUT2D eigenvalue weighted by Gasteiger charge is 2.26. The van der Waals surface area contributed by atoms with Crippen molar-refractivity contribution in [2.45, 2.75) is 0 Å². The number of hydrogen-bond acceptors (Lipinski definition) is 2. The van der Waals surface area contributed by atoms with E-state index in [2.05, 4.69) is 5.32 Å². The van der Waals surface area contributed by atoms with E-state index in [1.807, 2.05) is 0 Å². The number of anilines is 1. The number of urea groups is 1. The highest BCUT2D eigenvalue weighted by atomic mass is 35.5. The van der Waals surface area contributed by atoms with Crippen molar-refractivity contribution in [3.63, 3.8) is 0 Å². The van der Waals surface area contributed by atoms with E-state index >= 15 is 0 Å². The maximum atomic E-state index is 13.8. The molecule has 1 N–H and O–H groups in total. The van der Waals surface area contributed by atoms with Crippen LogP contribution in [0.1, 0.15) is 10.4 Å². The smallest absolute Gasteiger partial charge is 0.321 e. The Hall–Kier alpha value is -2.67. The van der Waals surface area contributed by atoms with Gasteiger partial charge in [-0.25, -0.2) is 13.6 Å². The van der Waals surface area contributed by atoms with Gasteiger partial charge in [0.1, 0.15) is 11.6 Å².